The lowest BCUT2D eigenvalue weighted by Crippen LogP contribution is -2.10. The van der Waals surface area contributed by atoms with Gasteiger partial charge < -0.3 is 24.7 Å². The molecular formula is C14H23NO4. The molecule has 0 aliphatic carbocycles. The van der Waals surface area contributed by atoms with Crippen molar-refractivity contribution in [3.05, 3.63) is 23.8 Å². The molecule has 1 aromatic rings. The number of hydrogen-bond donors (Lipinski definition) is 1. The van der Waals surface area contributed by atoms with Gasteiger partial charge in [-0.1, -0.05) is 0 Å². The third-order valence-corrected chi connectivity index (χ3v) is 2.61. The summed E-state index contributed by atoms with van der Waals surface area (Å²) in [6, 6.07) is 5.61. The summed E-state index contributed by atoms with van der Waals surface area (Å²) < 4.78 is 21.1. The maximum Gasteiger partial charge on any atom is 0.124 e. The lowest BCUT2D eigenvalue weighted by molar-refractivity contribution is 0.0804. The topological polar surface area (TPSA) is 62.9 Å². The van der Waals surface area contributed by atoms with E-state index in [9.17, 15) is 0 Å². The van der Waals surface area contributed by atoms with Crippen LogP contribution in [0.2, 0.25) is 0 Å². The van der Waals surface area contributed by atoms with Gasteiger partial charge >= 0.3 is 0 Å². The molecule has 1 aromatic carbocycles. The number of nitrogens with two attached hydrogens (primary N) is 1. The van der Waals surface area contributed by atoms with Gasteiger partial charge in [0.25, 0.3) is 0 Å². The molecule has 1 rings (SSSR count). The van der Waals surface area contributed by atoms with Crippen LogP contribution in [-0.4, -0.2) is 40.6 Å². The summed E-state index contributed by atoms with van der Waals surface area (Å²) in [6.07, 6.45) is 0.896. The molecule has 0 atom stereocenters. The normalized spacial score (nSPS) is 10.5. The fraction of sp³-hybridized carbons (Fsp3) is 0.571. The van der Waals surface area contributed by atoms with Crippen LogP contribution in [0.1, 0.15) is 12.0 Å². The zero-order valence-corrected chi connectivity index (χ0v) is 11.7. The maximum atomic E-state index is 5.68. The molecule has 0 amide bonds. The number of hydrogen-bond acceptors (Lipinski definition) is 5. The molecule has 0 bridgehead atoms. The van der Waals surface area contributed by atoms with E-state index in [4.69, 9.17) is 24.7 Å². The van der Waals surface area contributed by atoms with E-state index in [-0.39, 0.29) is 0 Å². The van der Waals surface area contributed by atoms with E-state index in [1.807, 2.05) is 18.2 Å². The zero-order chi connectivity index (χ0) is 13.9. The summed E-state index contributed by atoms with van der Waals surface area (Å²) in [6.45, 7) is 2.88. The minimum Gasteiger partial charge on any atom is -0.497 e. The van der Waals surface area contributed by atoms with Crippen LogP contribution in [0, 0.1) is 0 Å². The number of benzene rings is 1. The van der Waals surface area contributed by atoms with Crippen LogP contribution < -0.4 is 15.2 Å². The molecule has 0 aliphatic rings. The molecule has 19 heavy (non-hydrogen) atoms. The van der Waals surface area contributed by atoms with Gasteiger partial charge in [0.15, 0.2) is 0 Å². The minimum absolute atomic E-state index is 0.418. The average Bonchev–Trinajstić information content (AvgIpc) is 2.46. The molecule has 0 heterocycles. The van der Waals surface area contributed by atoms with Crippen molar-refractivity contribution in [3.63, 3.8) is 0 Å². The Bertz CT molecular complexity index is 357. The molecule has 0 saturated carbocycles. The number of methoxy groups -OCH3 is 2. The van der Waals surface area contributed by atoms with Gasteiger partial charge in [0, 0.05) is 32.4 Å². The third-order valence-electron chi connectivity index (χ3n) is 2.61. The van der Waals surface area contributed by atoms with Crippen LogP contribution in [-0.2, 0) is 16.0 Å². The molecule has 5 heteroatoms. The molecule has 0 spiro atoms. The second kappa shape index (κ2) is 9.61. The largest absolute Gasteiger partial charge is 0.497 e. The first-order chi connectivity index (χ1) is 9.31. The molecule has 0 saturated heterocycles. The van der Waals surface area contributed by atoms with Crippen molar-refractivity contribution in [3.8, 4) is 11.5 Å². The Kier molecular flexibility index (Phi) is 7.97. The Labute approximate surface area is 114 Å². The van der Waals surface area contributed by atoms with E-state index in [2.05, 4.69) is 0 Å². The van der Waals surface area contributed by atoms with Gasteiger partial charge in [-0.2, -0.15) is 0 Å². The molecule has 5 nitrogen and oxygen atoms in total. The average molecular weight is 269 g/mol. The highest BCUT2D eigenvalue weighted by molar-refractivity contribution is 5.40. The van der Waals surface area contributed by atoms with Gasteiger partial charge in [0.2, 0.25) is 0 Å². The smallest absolute Gasteiger partial charge is 0.124 e. The second-order valence-corrected chi connectivity index (χ2v) is 3.98. The predicted molar refractivity (Wildman–Crippen MR) is 73.7 cm³/mol. The highest BCUT2D eigenvalue weighted by Gasteiger charge is 2.04. The van der Waals surface area contributed by atoms with Crippen molar-refractivity contribution < 1.29 is 18.9 Å². The summed E-state index contributed by atoms with van der Waals surface area (Å²) in [5.41, 5.74) is 6.61. The molecule has 2 N–H and O–H groups in total. The van der Waals surface area contributed by atoms with E-state index < -0.39 is 0 Å². The van der Waals surface area contributed by atoms with Crippen LogP contribution in [0.15, 0.2) is 18.2 Å². The van der Waals surface area contributed by atoms with Gasteiger partial charge in [0.05, 0.1) is 13.7 Å². The Morgan fingerprint density at radius 3 is 2.58 bits per heavy atom. The Balaban J connectivity index is 2.28. The van der Waals surface area contributed by atoms with Crippen molar-refractivity contribution >= 4 is 0 Å². The molecule has 0 aromatic heterocycles. The lowest BCUT2D eigenvalue weighted by atomic mass is 10.2. The van der Waals surface area contributed by atoms with Crippen LogP contribution in [0.5, 0.6) is 11.5 Å². The predicted octanol–water partition coefficient (Wildman–Crippen LogP) is 1.59. The Hall–Kier alpha value is -1.30. The molecule has 0 radical (unpaired) electrons. The molecule has 108 valence electrons. The van der Waals surface area contributed by atoms with Crippen LogP contribution in [0.4, 0.5) is 0 Å². The first-order valence-corrected chi connectivity index (χ1v) is 6.38. The fourth-order valence-corrected chi connectivity index (χ4v) is 1.60. The summed E-state index contributed by atoms with van der Waals surface area (Å²) in [4.78, 5) is 0. The van der Waals surface area contributed by atoms with Crippen LogP contribution in [0.3, 0.4) is 0 Å². The van der Waals surface area contributed by atoms with E-state index in [1.54, 1.807) is 14.2 Å². The molecule has 0 unspecified atom stereocenters. The van der Waals surface area contributed by atoms with E-state index in [0.29, 0.717) is 26.4 Å². The van der Waals surface area contributed by atoms with Gasteiger partial charge in [-0.05, 0) is 24.6 Å². The van der Waals surface area contributed by atoms with E-state index in [1.165, 1.54) is 0 Å². The van der Waals surface area contributed by atoms with Gasteiger partial charge in [-0.15, -0.1) is 0 Å². The third kappa shape index (κ3) is 5.92. The Morgan fingerprint density at radius 2 is 1.89 bits per heavy atom. The highest BCUT2D eigenvalue weighted by Crippen LogP contribution is 2.23. The van der Waals surface area contributed by atoms with Crippen molar-refractivity contribution in [2.75, 3.05) is 40.6 Å². The zero-order valence-electron chi connectivity index (χ0n) is 11.7. The summed E-state index contributed by atoms with van der Waals surface area (Å²) in [7, 11) is 3.31. The van der Waals surface area contributed by atoms with Gasteiger partial charge in [0.1, 0.15) is 18.1 Å². The molecule has 0 fully saturated rings. The second-order valence-electron chi connectivity index (χ2n) is 3.98. The van der Waals surface area contributed by atoms with Crippen molar-refractivity contribution in [2.45, 2.75) is 13.0 Å². The Morgan fingerprint density at radius 1 is 1.05 bits per heavy atom. The molecule has 0 aliphatic heterocycles. The SMILES string of the molecule is COCCCOCCOc1ccc(OC)cc1CN. The van der Waals surface area contributed by atoms with Crippen LogP contribution in [0.25, 0.3) is 0 Å². The maximum absolute atomic E-state index is 5.68. The van der Waals surface area contributed by atoms with Crippen molar-refractivity contribution in [1.29, 1.82) is 0 Å². The van der Waals surface area contributed by atoms with Crippen LogP contribution >= 0.6 is 0 Å². The van der Waals surface area contributed by atoms with Crippen molar-refractivity contribution in [2.24, 2.45) is 5.73 Å². The standard InChI is InChI=1S/C14H23NO4/c1-16-6-3-7-18-8-9-19-14-5-4-13(17-2)10-12(14)11-15/h4-5,10H,3,6-9,11,15H2,1-2H3. The summed E-state index contributed by atoms with van der Waals surface area (Å²) in [5.74, 6) is 1.56. The first kappa shape index (κ1) is 15.8. The summed E-state index contributed by atoms with van der Waals surface area (Å²) in [5, 5.41) is 0. The fourth-order valence-electron chi connectivity index (χ4n) is 1.60. The number of rotatable bonds is 10. The molecular weight excluding hydrogens is 246 g/mol. The highest BCUT2D eigenvalue weighted by atomic mass is 16.5. The lowest BCUT2D eigenvalue weighted by Gasteiger charge is -2.12. The van der Waals surface area contributed by atoms with E-state index in [0.717, 1.165) is 30.1 Å². The monoisotopic (exact) mass is 269 g/mol. The quantitative estimate of drug-likeness (QED) is 0.653. The number of ether oxygens (including phenoxy) is 4. The summed E-state index contributed by atoms with van der Waals surface area (Å²) >= 11 is 0. The minimum atomic E-state index is 0.418. The van der Waals surface area contributed by atoms with Crippen molar-refractivity contribution in [1.82, 2.24) is 0 Å². The first-order valence-electron chi connectivity index (χ1n) is 6.38. The van der Waals surface area contributed by atoms with Gasteiger partial charge in [-0.25, -0.2) is 0 Å². The van der Waals surface area contributed by atoms with Gasteiger partial charge in [-0.3, -0.25) is 0 Å². The van der Waals surface area contributed by atoms with E-state index >= 15 is 0 Å².